The lowest BCUT2D eigenvalue weighted by atomic mass is 10.1. The molecule has 1 fully saturated rings. The molecule has 5 nitrogen and oxygen atoms in total. The van der Waals surface area contributed by atoms with E-state index in [1.807, 2.05) is 16.3 Å². The molecule has 4 rings (SSSR count). The summed E-state index contributed by atoms with van der Waals surface area (Å²) in [6.45, 7) is 0.740. The molecule has 0 spiro atoms. The summed E-state index contributed by atoms with van der Waals surface area (Å²) in [6.07, 6.45) is 8.80. The Kier molecular flexibility index (Phi) is 3.31. The Hall–Kier alpha value is -2.34. The van der Waals surface area contributed by atoms with Crippen molar-refractivity contribution in [2.45, 2.75) is 18.9 Å². The third-order valence-electron chi connectivity index (χ3n) is 3.99. The van der Waals surface area contributed by atoms with Gasteiger partial charge >= 0.3 is 0 Å². The van der Waals surface area contributed by atoms with Crippen LogP contribution in [0.4, 0.5) is 0 Å². The maximum Gasteiger partial charge on any atom is 0.257 e. The number of thiophene rings is 1. The fourth-order valence-corrected chi connectivity index (χ4v) is 3.83. The first-order valence-electron chi connectivity index (χ1n) is 7.23. The van der Waals surface area contributed by atoms with Crippen molar-refractivity contribution in [3.05, 3.63) is 53.7 Å². The van der Waals surface area contributed by atoms with Crippen LogP contribution in [0.15, 0.2) is 42.3 Å². The van der Waals surface area contributed by atoms with Crippen LogP contribution >= 0.6 is 11.3 Å². The van der Waals surface area contributed by atoms with E-state index in [2.05, 4.69) is 15.0 Å². The lowest BCUT2D eigenvalue weighted by Gasteiger charge is -2.23. The fourth-order valence-electron chi connectivity index (χ4n) is 2.96. The molecule has 0 bridgehead atoms. The number of likely N-dealkylation sites (tertiary alicyclic amines) is 1. The smallest absolute Gasteiger partial charge is 0.257 e. The van der Waals surface area contributed by atoms with Gasteiger partial charge in [0.25, 0.3) is 5.91 Å². The Bertz CT molecular complexity index is 817. The van der Waals surface area contributed by atoms with Crippen molar-refractivity contribution < 1.29 is 4.79 Å². The molecule has 22 heavy (non-hydrogen) atoms. The standard InChI is InChI=1S/C16H14N4OS/c21-16(12-10-17-9-11-4-8-22-14(11)12)20-7-1-3-13(20)15-18-5-2-6-19-15/h2,4-6,8-10,13H,1,3,7H2. The van der Waals surface area contributed by atoms with Crippen molar-refractivity contribution in [2.75, 3.05) is 6.54 Å². The zero-order chi connectivity index (χ0) is 14.9. The Labute approximate surface area is 131 Å². The predicted molar refractivity (Wildman–Crippen MR) is 84.7 cm³/mol. The van der Waals surface area contributed by atoms with Crippen molar-refractivity contribution in [1.29, 1.82) is 0 Å². The second-order valence-corrected chi connectivity index (χ2v) is 6.21. The summed E-state index contributed by atoms with van der Waals surface area (Å²) < 4.78 is 1.000. The van der Waals surface area contributed by atoms with Crippen LogP contribution < -0.4 is 0 Å². The highest BCUT2D eigenvalue weighted by Gasteiger charge is 2.33. The Morgan fingerprint density at radius 1 is 1.27 bits per heavy atom. The summed E-state index contributed by atoms with van der Waals surface area (Å²) in [5.74, 6) is 0.746. The third kappa shape index (κ3) is 2.16. The molecule has 1 amide bonds. The van der Waals surface area contributed by atoms with Gasteiger partial charge in [0.05, 0.1) is 16.3 Å². The number of carbonyl (C=O) groups excluding carboxylic acids is 1. The Morgan fingerprint density at radius 2 is 2.14 bits per heavy atom. The average molecular weight is 310 g/mol. The highest BCUT2D eigenvalue weighted by atomic mass is 32.1. The number of carbonyl (C=O) groups is 1. The fraction of sp³-hybridized carbons (Fsp3) is 0.250. The van der Waals surface area contributed by atoms with Crippen LogP contribution in [0.1, 0.15) is 35.1 Å². The number of aromatic nitrogens is 3. The van der Waals surface area contributed by atoms with E-state index in [0.29, 0.717) is 5.56 Å². The van der Waals surface area contributed by atoms with Gasteiger partial charge in [-0.3, -0.25) is 9.78 Å². The number of hydrogen-bond acceptors (Lipinski definition) is 5. The Balaban J connectivity index is 1.71. The van der Waals surface area contributed by atoms with Gasteiger partial charge in [-0.2, -0.15) is 0 Å². The van der Waals surface area contributed by atoms with Gasteiger partial charge < -0.3 is 4.90 Å². The second-order valence-electron chi connectivity index (χ2n) is 5.29. The largest absolute Gasteiger partial charge is 0.328 e. The summed E-state index contributed by atoms with van der Waals surface area (Å²) in [5, 5.41) is 3.01. The molecule has 1 aliphatic rings. The average Bonchev–Trinajstić information content (AvgIpc) is 3.23. The van der Waals surface area contributed by atoms with Crippen LogP contribution in [-0.2, 0) is 0 Å². The van der Waals surface area contributed by atoms with E-state index >= 15 is 0 Å². The molecule has 0 radical (unpaired) electrons. The molecular formula is C16H14N4OS. The quantitative estimate of drug-likeness (QED) is 0.730. The molecule has 6 heteroatoms. The van der Waals surface area contributed by atoms with Crippen molar-refractivity contribution in [3.8, 4) is 0 Å². The maximum atomic E-state index is 13.0. The molecule has 4 heterocycles. The summed E-state index contributed by atoms with van der Waals surface area (Å²) >= 11 is 1.58. The highest BCUT2D eigenvalue weighted by Crippen LogP contribution is 2.33. The summed E-state index contributed by atoms with van der Waals surface area (Å²) in [7, 11) is 0. The van der Waals surface area contributed by atoms with Gasteiger partial charge in [0.15, 0.2) is 5.82 Å². The summed E-state index contributed by atoms with van der Waals surface area (Å²) in [5.41, 5.74) is 0.676. The molecule has 3 aromatic rings. The van der Waals surface area contributed by atoms with Gasteiger partial charge in [0.1, 0.15) is 0 Å². The van der Waals surface area contributed by atoms with Crippen molar-refractivity contribution in [1.82, 2.24) is 19.9 Å². The van der Waals surface area contributed by atoms with Crippen LogP contribution in [0.3, 0.4) is 0 Å². The number of nitrogens with zero attached hydrogens (tertiary/aromatic N) is 4. The number of fused-ring (bicyclic) bond motifs is 1. The van der Waals surface area contributed by atoms with E-state index < -0.39 is 0 Å². The van der Waals surface area contributed by atoms with Gasteiger partial charge in [-0.25, -0.2) is 9.97 Å². The predicted octanol–water partition coefficient (Wildman–Crippen LogP) is 3.06. The van der Waals surface area contributed by atoms with Gasteiger partial charge in [0, 0.05) is 36.7 Å². The van der Waals surface area contributed by atoms with Gasteiger partial charge in [-0.1, -0.05) is 0 Å². The van der Waals surface area contributed by atoms with Crippen LogP contribution in [-0.4, -0.2) is 32.3 Å². The van der Waals surface area contributed by atoms with E-state index in [9.17, 15) is 4.79 Å². The molecule has 110 valence electrons. The lowest BCUT2D eigenvalue weighted by molar-refractivity contribution is 0.0731. The van der Waals surface area contributed by atoms with Crippen LogP contribution in [0.25, 0.3) is 10.1 Å². The first-order valence-corrected chi connectivity index (χ1v) is 8.11. The van der Waals surface area contributed by atoms with Crippen LogP contribution in [0, 0.1) is 0 Å². The van der Waals surface area contributed by atoms with E-state index in [1.165, 1.54) is 0 Å². The van der Waals surface area contributed by atoms with E-state index in [-0.39, 0.29) is 11.9 Å². The molecule has 3 aromatic heterocycles. The first-order chi connectivity index (χ1) is 10.8. The highest BCUT2D eigenvalue weighted by molar-refractivity contribution is 7.17. The molecule has 0 N–H and O–H groups in total. The minimum Gasteiger partial charge on any atom is -0.328 e. The lowest BCUT2D eigenvalue weighted by Crippen LogP contribution is -2.31. The molecule has 1 saturated heterocycles. The molecular weight excluding hydrogens is 296 g/mol. The number of hydrogen-bond donors (Lipinski definition) is 0. The van der Waals surface area contributed by atoms with Crippen molar-refractivity contribution in [3.63, 3.8) is 0 Å². The molecule has 0 aliphatic carbocycles. The van der Waals surface area contributed by atoms with Crippen LogP contribution in [0.2, 0.25) is 0 Å². The molecule has 1 atom stereocenters. The van der Waals surface area contributed by atoms with Gasteiger partial charge in [0.2, 0.25) is 0 Å². The SMILES string of the molecule is O=C(c1cncc2ccsc12)N1CCCC1c1ncccn1. The minimum atomic E-state index is -0.0380. The molecule has 1 unspecified atom stereocenters. The third-order valence-corrected chi connectivity index (χ3v) is 4.95. The van der Waals surface area contributed by atoms with E-state index in [1.54, 1.807) is 42.2 Å². The number of rotatable bonds is 2. The van der Waals surface area contributed by atoms with Crippen molar-refractivity contribution in [2.24, 2.45) is 0 Å². The van der Waals surface area contributed by atoms with Gasteiger partial charge in [-0.05, 0) is 30.4 Å². The number of amides is 1. The zero-order valence-electron chi connectivity index (χ0n) is 11.8. The molecule has 0 aromatic carbocycles. The normalized spacial score (nSPS) is 18.0. The van der Waals surface area contributed by atoms with Crippen LogP contribution in [0.5, 0.6) is 0 Å². The monoisotopic (exact) mass is 310 g/mol. The Morgan fingerprint density at radius 3 is 3.00 bits per heavy atom. The van der Waals surface area contributed by atoms with E-state index in [0.717, 1.165) is 35.3 Å². The zero-order valence-corrected chi connectivity index (χ0v) is 12.7. The number of pyridine rings is 1. The molecule has 1 aliphatic heterocycles. The first kappa shape index (κ1) is 13.3. The summed E-state index contributed by atoms with van der Waals surface area (Å²) in [4.78, 5) is 27.7. The maximum absolute atomic E-state index is 13.0. The second kappa shape index (κ2) is 5.46. The molecule has 0 saturated carbocycles. The van der Waals surface area contributed by atoms with Gasteiger partial charge in [-0.15, -0.1) is 11.3 Å². The topological polar surface area (TPSA) is 59.0 Å². The van der Waals surface area contributed by atoms with Crippen molar-refractivity contribution >= 4 is 27.3 Å². The summed E-state index contributed by atoms with van der Waals surface area (Å²) in [6, 6.07) is 3.75. The van der Waals surface area contributed by atoms with E-state index in [4.69, 9.17) is 0 Å². The minimum absolute atomic E-state index is 0.0236.